The van der Waals surface area contributed by atoms with Gasteiger partial charge in [0.15, 0.2) is 0 Å². The molecule has 0 atom stereocenters. The molecular formula is C17H33N3O. The zero-order valence-electron chi connectivity index (χ0n) is 13.7. The molecule has 2 rings (SSSR count). The molecule has 0 aromatic rings. The van der Waals surface area contributed by atoms with Crippen LogP contribution in [0.15, 0.2) is 0 Å². The molecule has 4 heteroatoms. The van der Waals surface area contributed by atoms with Crippen molar-refractivity contribution in [3.8, 4) is 0 Å². The number of carbonyl (C=O) groups excluding carboxylic acids is 1. The summed E-state index contributed by atoms with van der Waals surface area (Å²) in [6.45, 7) is 7.26. The number of nitrogens with one attached hydrogen (secondary N) is 1. The van der Waals surface area contributed by atoms with Crippen LogP contribution in [-0.2, 0) is 4.79 Å². The first kappa shape index (κ1) is 16.8. The highest BCUT2D eigenvalue weighted by Gasteiger charge is 2.33. The molecule has 0 aromatic carbocycles. The molecule has 1 aliphatic heterocycles. The normalized spacial score (nSPS) is 23.9. The molecule has 0 unspecified atom stereocenters. The summed E-state index contributed by atoms with van der Waals surface area (Å²) in [7, 11) is 0. The van der Waals surface area contributed by atoms with Crippen LogP contribution in [0.2, 0.25) is 0 Å². The molecule has 0 spiro atoms. The van der Waals surface area contributed by atoms with Gasteiger partial charge in [-0.05, 0) is 63.2 Å². The monoisotopic (exact) mass is 295 g/mol. The maximum Gasteiger partial charge on any atom is 0.220 e. The number of hydrogen-bond acceptors (Lipinski definition) is 3. The van der Waals surface area contributed by atoms with Crippen LogP contribution in [0.3, 0.4) is 0 Å². The summed E-state index contributed by atoms with van der Waals surface area (Å²) in [5.41, 5.74) is 6.06. The second-order valence-corrected chi connectivity index (χ2v) is 7.12. The maximum atomic E-state index is 12.3. The van der Waals surface area contributed by atoms with Gasteiger partial charge in [-0.15, -0.1) is 0 Å². The van der Waals surface area contributed by atoms with Gasteiger partial charge in [-0.2, -0.15) is 0 Å². The fourth-order valence-corrected chi connectivity index (χ4v) is 3.92. The average molecular weight is 295 g/mol. The lowest BCUT2D eigenvalue weighted by Gasteiger charge is -2.36. The van der Waals surface area contributed by atoms with Crippen LogP contribution in [0.25, 0.3) is 0 Å². The van der Waals surface area contributed by atoms with E-state index in [1.165, 1.54) is 45.2 Å². The average Bonchev–Trinajstić information content (AvgIpc) is 2.54. The minimum absolute atomic E-state index is 0.0912. The molecule has 0 bridgehead atoms. The zero-order chi connectivity index (χ0) is 15.1. The van der Waals surface area contributed by atoms with E-state index in [0.29, 0.717) is 18.9 Å². The number of hydrogen-bond donors (Lipinski definition) is 2. The van der Waals surface area contributed by atoms with Crippen molar-refractivity contribution in [1.29, 1.82) is 0 Å². The molecule has 4 nitrogen and oxygen atoms in total. The summed E-state index contributed by atoms with van der Waals surface area (Å²) >= 11 is 0. The van der Waals surface area contributed by atoms with Gasteiger partial charge in [0.2, 0.25) is 5.91 Å². The molecule has 1 saturated carbocycles. The molecule has 1 aliphatic carbocycles. The van der Waals surface area contributed by atoms with E-state index >= 15 is 0 Å². The molecule has 1 saturated heterocycles. The number of amides is 1. The van der Waals surface area contributed by atoms with Gasteiger partial charge in [0, 0.05) is 13.0 Å². The molecule has 122 valence electrons. The van der Waals surface area contributed by atoms with Crippen LogP contribution in [0.1, 0.15) is 58.3 Å². The Kier molecular flexibility index (Phi) is 6.49. The minimum Gasteiger partial charge on any atom is -0.356 e. The highest BCUT2D eigenvalue weighted by atomic mass is 16.1. The van der Waals surface area contributed by atoms with E-state index < -0.39 is 0 Å². The van der Waals surface area contributed by atoms with E-state index in [1.807, 2.05) is 0 Å². The van der Waals surface area contributed by atoms with Gasteiger partial charge in [0.25, 0.3) is 0 Å². The van der Waals surface area contributed by atoms with Crippen LogP contribution in [-0.4, -0.2) is 43.5 Å². The second-order valence-electron chi connectivity index (χ2n) is 7.12. The molecular weight excluding hydrogens is 262 g/mol. The molecule has 21 heavy (non-hydrogen) atoms. The maximum absolute atomic E-state index is 12.3. The third-order valence-corrected chi connectivity index (χ3v) is 5.63. The highest BCUT2D eigenvalue weighted by Crippen LogP contribution is 2.38. The van der Waals surface area contributed by atoms with Crippen molar-refractivity contribution < 1.29 is 4.79 Å². The SMILES string of the molecule is CCN1CCC(CNC(=O)CC2(CN)CCCCC2)CC1. The molecule has 2 aliphatic rings. The summed E-state index contributed by atoms with van der Waals surface area (Å²) in [4.78, 5) is 14.8. The largest absolute Gasteiger partial charge is 0.356 e. The van der Waals surface area contributed by atoms with Crippen molar-refractivity contribution in [2.75, 3.05) is 32.7 Å². The molecule has 2 fully saturated rings. The van der Waals surface area contributed by atoms with Crippen LogP contribution in [0, 0.1) is 11.3 Å². The van der Waals surface area contributed by atoms with E-state index in [0.717, 1.165) is 25.9 Å². The number of rotatable bonds is 6. The zero-order valence-corrected chi connectivity index (χ0v) is 13.7. The molecule has 1 heterocycles. The first-order chi connectivity index (χ1) is 10.2. The van der Waals surface area contributed by atoms with Gasteiger partial charge >= 0.3 is 0 Å². The topological polar surface area (TPSA) is 58.4 Å². The quantitative estimate of drug-likeness (QED) is 0.789. The fourth-order valence-electron chi connectivity index (χ4n) is 3.92. The van der Waals surface area contributed by atoms with E-state index in [9.17, 15) is 4.79 Å². The second kappa shape index (κ2) is 8.14. The Balaban J connectivity index is 1.69. The lowest BCUT2D eigenvalue weighted by Crippen LogP contribution is -2.41. The van der Waals surface area contributed by atoms with E-state index in [4.69, 9.17) is 5.73 Å². The Morgan fingerprint density at radius 2 is 1.90 bits per heavy atom. The minimum atomic E-state index is 0.0912. The summed E-state index contributed by atoms with van der Waals surface area (Å²) in [5, 5.41) is 3.18. The Bertz CT molecular complexity index is 318. The van der Waals surface area contributed by atoms with Gasteiger partial charge in [-0.3, -0.25) is 4.79 Å². The van der Waals surface area contributed by atoms with Crippen molar-refractivity contribution >= 4 is 5.91 Å². The summed E-state index contributed by atoms with van der Waals surface area (Å²) in [6, 6.07) is 0. The van der Waals surface area contributed by atoms with Crippen LogP contribution in [0.5, 0.6) is 0 Å². The predicted octanol–water partition coefficient (Wildman–Crippen LogP) is 2.13. The first-order valence-electron chi connectivity index (χ1n) is 8.86. The predicted molar refractivity (Wildman–Crippen MR) is 87.0 cm³/mol. The third kappa shape index (κ3) is 4.96. The van der Waals surface area contributed by atoms with Gasteiger partial charge in [-0.1, -0.05) is 26.2 Å². The van der Waals surface area contributed by atoms with Crippen LogP contribution < -0.4 is 11.1 Å². The highest BCUT2D eigenvalue weighted by molar-refractivity contribution is 5.76. The Labute approximate surface area is 129 Å². The van der Waals surface area contributed by atoms with Crippen molar-refractivity contribution in [3.63, 3.8) is 0 Å². The first-order valence-corrected chi connectivity index (χ1v) is 8.86. The number of piperidine rings is 1. The van der Waals surface area contributed by atoms with Gasteiger partial charge < -0.3 is 16.0 Å². The standard InChI is InChI=1S/C17H33N3O/c1-2-20-10-6-15(7-11-20)13-19-16(21)12-17(14-18)8-4-3-5-9-17/h15H,2-14,18H2,1H3,(H,19,21). The number of carbonyl (C=O) groups is 1. The Hall–Kier alpha value is -0.610. The van der Waals surface area contributed by atoms with E-state index in [2.05, 4.69) is 17.1 Å². The van der Waals surface area contributed by atoms with Crippen LogP contribution >= 0.6 is 0 Å². The molecule has 1 amide bonds. The van der Waals surface area contributed by atoms with Crippen molar-refractivity contribution in [2.24, 2.45) is 17.1 Å². The summed E-state index contributed by atoms with van der Waals surface area (Å²) in [5.74, 6) is 0.886. The lowest BCUT2D eigenvalue weighted by molar-refractivity contribution is -0.124. The van der Waals surface area contributed by atoms with E-state index in [1.54, 1.807) is 0 Å². The molecule has 0 radical (unpaired) electrons. The van der Waals surface area contributed by atoms with Gasteiger partial charge in [0.05, 0.1) is 0 Å². The third-order valence-electron chi connectivity index (χ3n) is 5.63. The van der Waals surface area contributed by atoms with Gasteiger partial charge in [0.1, 0.15) is 0 Å². The number of nitrogens with two attached hydrogens (primary N) is 1. The van der Waals surface area contributed by atoms with E-state index in [-0.39, 0.29) is 11.3 Å². The Morgan fingerprint density at radius 3 is 2.48 bits per heavy atom. The lowest BCUT2D eigenvalue weighted by atomic mass is 9.71. The Morgan fingerprint density at radius 1 is 1.24 bits per heavy atom. The smallest absolute Gasteiger partial charge is 0.220 e. The number of nitrogens with zero attached hydrogens (tertiary/aromatic N) is 1. The molecule has 0 aromatic heterocycles. The molecule has 3 N–H and O–H groups in total. The van der Waals surface area contributed by atoms with Crippen molar-refractivity contribution in [1.82, 2.24) is 10.2 Å². The summed E-state index contributed by atoms with van der Waals surface area (Å²) < 4.78 is 0. The number of likely N-dealkylation sites (tertiary alicyclic amines) is 1. The van der Waals surface area contributed by atoms with Crippen LogP contribution in [0.4, 0.5) is 0 Å². The van der Waals surface area contributed by atoms with Crippen molar-refractivity contribution in [2.45, 2.75) is 58.3 Å². The fraction of sp³-hybridized carbons (Fsp3) is 0.941. The van der Waals surface area contributed by atoms with Gasteiger partial charge in [-0.25, -0.2) is 0 Å². The summed E-state index contributed by atoms with van der Waals surface area (Å²) in [6.07, 6.45) is 9.11. The van der Waals surface area contributed by atoms with Crippen molar-refractivity contribution in [3.05, 3.63) is 0 Å².